The lowest BCUT2D eigenvalue weighted by atomic mass is 9.90. The maximum absolute atomic E-state index is 10.0. The van der Waals surface area contributed by atoms with Crippen LogP contribution in [0.4, 0.5) is 0 Å². The minimum Gasteiger partial charge on any atom is -0.504 e. The zero-order valence-corrected chi connectivity index (χ0v) is 19.0. The van der Waals surface area contributed by atoms with E-state index >= 15 is 0 Å². The smallest absolute Gasteiger partial charge is 0.171 e. The molecule has 1 N–H and O–H groups in total. The Balaban J connectivity index is 2.14. The molecule has 0 spiro atoms. The van der Waals surface area contributed by atoms with Crippen LogP contribution >= 0.6 is 22.6 Å². The highest BCUT2D eigenvalue weighted by atomic mass is 127. The maximum atomic E-state index is 10.0. The Kier molecular flexibility index (Phi) is 8.42. The molecule has 1 aliphatic rings. The molecule has 1 heterocycles. The summed E-state index contributed by atoms with van der Waals surface area (Å²) in [6.07, 6.45) is 8.67. The second-order valence-corrected chi connectivity index (χ2v) is 8.47. The summed E-state index contributed by atoms with van der Waals surface area (Å²) in [5.41, 5.74) is 4.93. The van der Waals surface area contributed by atoms with E-state index in [0.717, 1.165) is 34.8 Å². The Hall–Kier alpha value is -1.27. The van der Waals surface area contributed by atoms with Gasteiger partial charge in [-0.3, -0.25) is 0 Å². The summed E-state index contributed by atoms with van der Waals surface area (Å²) in [6, 6.07) is 3.89. The molecule has 1 unspecified atom stereocenters. The van der Waals surface area contributed by atoms with Crippen molar-refractivity contribution in [1.29, 1.82) is 0 Å². The van der Waals surface area contributed by atoms with E-state index in [-0.39, 0.29) is 11.9 Å². The zero-order chi connectivity index (χ0) is 20.0. The van der Waals surface area contributed by atoms with Crippen molar-refractivity contribution < 1.29 is 14.6 Å². The van der Waals surface area contributed by atoms with Gasteiger partial charge in [0.1, 0.15) is 0 Å². The normalized spacial score (nSPS) is 17.3. The average Bonchev–Trinajstić information content (AvgIpc) is 3.10. The van der Waals surface area contributed by atoms with Gasteiger partial charge in [0.15, 0.2) is 11.5 Å². The fourth-order valence-electron chi connectivity index (χ4n) is 3.36. The van der Waals surface area contributed by atoms with Crippen LogP contribution in [0.15, 0.2) is 41.5 Å². The molecule has 1 atom stereocenters. The number of aromatic hydroxyl groups is 1. The minimum absolute atomic E-state index is 0.148. The van der Waals surface area contributed by atoms with E-state index in [9.17, 15) is 5.11 Å². The first kappa shape index (κ1) is 22.0. The van der Waals surface area contributed by atoms with Crippen molar-refractivity contribution in [3.63, 3.8) is 0 Å². The highest BCUT2D eigenvalue weighted by Crippen LogP contribution is 2.34. The molecule has 148 valence electrons. The van der Waals surface area contributed by atoms with Gasteiger partial charge in [-0.2, -0.15) is 0 Å². The number of ether oxygens (including phenoxy) is 2. The van der Waals surface area contributed by atoms with E-state index in [0.29, 0.717) is 18.3 Å². The first-order valence-electron chi connectivity index (χ1n) is 9.64. The molecule has 0 aromatic heterocycles. The lowest BCUT2D eigenvalue weighted by molar-refractivity contribution is 0.116. The number of benzene rings is 1. The van der Waals surface area contributed by atoms with Crippen molar-refractivity contribution in [3.8, 4) is 11.5 Å². The molecule has 0 saturated heterocycles. The van der Waals surface area contributed by atoms with Crippen LogP contribution < -0.4 is 4.74 Å². The van der Waals surface area contributed by atoms with Crippen molar-refractivity contribution in [1.82, 2.24) is 0 Å². The molecule has 0 radical (unpaired) electrons. The molecule has 4 heteroatoms. The third-order valence-corrected chi connectivity index (χ3v) is 5.78. The molecule has 1 aromatic rings. The number of hydrogen-bond acceptors (Lipinski definition) is 3. The molecule has 0 fully saturated rings. The van der Waals surface area contributed by atoms with Crippen LogP contribution in [0, 0.1) is 9.49 Å². The first-order valence-corrected chi connectivity index (χ1v) is 10.7. The number of halogens is 1. The highest BCUT2D eigenvalue weighted by Gasteiger charge is 2.23. The summed E-state index contributed by atoms with van der Waals surface area (Å²) in [7, 11) is 1.58. The molecule has 2 rings (SSSR count). The molecule has 27 heavy (non-hydrogen) atoms. The van der Waals surface area contributed by atoms with Crippen molar-refractivity contribution in [2.24, 2.45) is 5.92 Å². The summed E-state index contributed by atoms with van der Waals surface area (Å²) in [5, 5.41) is 10.0. The van der Waals surface area contributed by atoms with E-state index in [1.165, 1.54) is 16.7 Å². The van der Waals surface area contributed by atoms with E-state index < -0.39 is 0 Å². The fraction of sp³-hybridized carbons (Fsp3) is 0.478. The van der Waals surface area contributed by atoms with Crippen LogP contribution in [0.1, 0.15) is 52.0 Å². The van der Waals surface area contributed by atoms with E-state index in [2.05, 4.69) is 62.1 Å². The lowest BCUT2D eigenvalue weighted by Gasteiger charge is -2.19. The van der Waals surface area contributed by atoms with Crippen molar-refractivity contribution in [2.45, 2.75) is 52.6 Å². The molecule has 3 nitrogen and oxygen atoms in total. The van der Waals surface area contributed by atoms with Gasteiger partial charge >= 0.3 is 0 Å². The predicted molar refractivity (Wildman–Crippen MR) is 121 cm³/mol. The molecule has 1 aromatic carbocycles. The Morgan fingerprint density at radius 2 is 2.15 bits per heavy atom. The highest BCUT2D eigenvalue weighted by molar-refractivity contribution is 14.1. The predicted octanol–water partition coefficient (Wildman–Crippen LogP) is 6.51. The average molecular weight is 482 g/mol. The van der Waals surface area contributed by atoms with Gasteiger partial charge in [-0.25, -0.2) is 0 Å². The molecule has 0 saturated carbocycles. The standard InChI is InChI=1S/C23H31IO3/c1-6-7-17(12-18-13-20(24)23(25)22(14-18)26-5)8-9-21-19(10-11-27-21)16(4)15(2)3/h10,12-15,21,25H,4,6-9,11H2,1-3,5H3/b17-12+. The van der Waals surface area contributed by atoms with E-state index in [4.69, 9.17) is 9.47 Å². The second-order valence-electron chi connectivity index (χ2n) is 7.31. The number of methoxy groups -OCH3 is 1. The van der Waals surface area contributed by atoms with Gasteiger partial charge < -0.3 is 14.6 Å². The molecule has 1 aliphatic heterocycles. The minimum atomic E-state index is 0.148. The Labute approximate surface area is 177 Å². The van der Waals surface area contributed by atoms with Crippen LogP contribution in [0.3, 0.4) is 0 Å². The monoisotopic (exact) mass is 482 g/mol. The third-order valence-electron chi connectivity index (χ3n) is 4.96. The SMILES string of the molecule is C=C(C1=CCOC1CC/C(=C/c1cc(I)c(O)c(OC)c1)CCC)C(C)C. The summed E-state index contributed by atoms with van der Waals surface area (Å²) >= 11 is 2.14. The first-order chi connectivity index (χ1) is 12.9. The van der Waals surface area contributed by atoms with Gasteiger partial charge in [0.05, 0.1) is 23.4 Å². The summed E-state index contributed by atoms with van der Waals surface area (Å²) in [4.78, 5) is 0. The van der Waals surface area contributed by atoms with Crippen LogP contribution in [0.2, 0.25) is 0 Å². The Morgan fingerprint density at radius 1 is 1.41 bits per heavy atom. The number of hydrogen-bond donors (Lipinski definition) is 1. The number of phenols is 1. The van der Waals surface area contributed by atoms with Crippen LogP contribution in [0.5, 0.6) is 11.5 Å². The van der Waals surface area contributed by atoms with Gasteiger partial charge in [-0.05, 0) is 76.6 Å². The number of rotatable bonds is 9. The number of allylic oxidation sites excluding steroid dienone is 1. The number of phenolic OH excluding ortho intramolecular Hbond substituents is 1. The zero-order valence-electron chi connectivity index (χ0n) is 16.8. The maximum Gasteiger partial charge on any atom is 0.171 e. The van der Waals surface area contributed by atoms with Gasteiger partial charge in [0, 0.05) is 0 Å². The lowest BCUT2D eigenvalue weighted by Crippen LogP contribution is -2.13. The Morgan fingerprint density at radius 3 is 2.78 bits per heavy atom. The largest absolute Gasteiger partial charge is 0.504 e. The van der Waals surface area contributed by atoms with Crippen LogP contribution in [-0.4, -0.2) is 24.9 Å². The van der Waals surface area contributed by atoms with Crippen LogP contribution in [-0.2, 0) is 4.74 Å². The van der Waals surface area contributed by atoms with E-state index in [1.54, 1.807) is 7.11 Å². The quantitative estimate of drug-likeness (QED) is 0.408. The van der Waals surface area contributed by atoms with Gasteiger partial charge in [-0.1, -0.05) is 51.5 Å². The van der Waals surface area contributed by atoms with Crippen molar-refractivity contribution in [2.75, 3.05) is 13.7 Å². The summed E-state index contributed by atoms with van der Waals surface area (Å²) in [5.74, 6) is 1.16. The van der Waals surface area contributed by atoms with Gasteiger partial charge in [0.25, 0.3) is 0 Å². The van der Waals surface area contributed by atoms with Crippen LogP contribution in [0.25, 0.3) is 6.08 Å². The molecular formula is C23H31IO3. The van der Waals surface area contributed by atoms with Gasteiger partial charge in [0.2, 0.25) is 0 Å². The Bertz CT molecular complexity index is 731. The van der Waals surface area contributed by atoms with Crippen molar-refractivity contribution in [3.05, 3.63) is 50.6 Å². The molecule has 0 bridgehead atoms. The molecule has 0 amide bonds. The summed E-state index contributed by atoms with van der Waals surface area (Å²) < 4.78 is 12.0. The topological polar surface area (TPSA) is 38.7 Å². The molecule has 0 aliphatic carbocycles. The molecular weight excluding hydrogens is 451 g/mol. The third kappa shape index (κ3) is 5.85. The fourth-order valence-corrected chi connectivity index (χ4v) is 3.99. The second kappa shape index (κ2) is 10.3. The summed E-state index contributed by atoms with van der Waals surface area (Å²) in [6.45, 7) is 11.5. The van der Waals surface area contributed by atoms with Gasteiger partial charge in [-0.15, -0.1) is 0 Å². The van der Waals surface area contributed by atoms with E-state index in [1.807, 2.05) is 12.1 Å². The van der Waals surface area contributed by atoms with Crippen molar-refractivity contribution >= 4 is 28.7 Å².